The van der Waals surface area contributed by atoms with Gasteiger partial charge in [-0.3, -0.25) is 0 Å². The highest BCUT2D eigenvalue weighted by atomic mass is 15.3. The summed E-state index contributed by atoms with van der Waals surface area (Å²) in [6, 6.07) is 29.0. The van der Waals surface area contributed by atoms with Gasteiger partial charge in [-0.2, -0.15) is 4.57 Å². The van der Waals surface area contributed by atoms with E-state index in [9.17, 15) is 0 Å². The van der Waals surface area contributed by atoms with E-state index < -0.39 is 0 Å². The van der Waals surface area contributed by atoms with Gasteiger partial charge in [-0.1, -0.05) is 48.0 Å². The lowest BCUT2D eigenvalue weighted by Gasteiger charge is -2.33. The zero-order valence-corrected chi connectivity index (χ0v) is 16.2. The molecule has 3 aromatic carbocycles. The average molecular weight is 372 g/mol. The van der Waals surface area contributed by atoms with Crippen LogP contribution in [0.2, 0.25) is 0 Å². The van der Waals surface area contributed by atoms with Crippen molar-refractivity contribution in [1.29, 1.82) is 0 Å². The Morgan fingerprint density at radius 3 is 2.34 bits per heavy atom. The second-order valence-electron chi connectivity index (χ2n) is 8.19. The number of hydrogen-bond donors (Lipinski definition) is 0. The van der Waals surface area contributed by atoms with Gasteiger partial charge in [0.1, 0.15) is 5.69 Å². The summed E-state index contributed by atoms with van der Waals surface area (Å²) in [5, 5.41) is 0. The number of hydrogen-bond acceptors (Lipinski definition) is 2. The maximum atomic E-state index is 2.53. The molecule has 0 aliphatic carbocycles. The zero-order chi connectivity index (χ0) is 19.1. The molecule has 0 saturated heterocycles. The predicted octanol–water partition coefficient (Wildman–Crippen LogP) is 4.31. The van der Waals surface area contributed by atoms with Crippen LogP contribution in [0.5, 0.6) is 0 Å². The molecule has 0 bridgehead atoms. The van der Waals surface area contributed by atoms with E-state index >= 15 is 0 Å². The number of fused-ring (bicyclic) bond motifs is 5. The molecule has 0 radical (unpaired) electrons. The van der Waals surface area contributed by atoms with Crippen LogP contribution in [0, 0.1) is 6.92 Å². The number of aryl methyl sites for hydroxylation is 1. The average Bonchev–Trinajstić information content (AvgIpc) is 3.31. The van der Waals surface area contributed by atoms with Crippen LogP contribution >= 0.6 is 0 Å². The van der Waals surface area contributed by atoms with Gasteiger partial charge in [0.25, 0.3) is 0 Å². The van der Waals surface area contributed by atoms with Crippen molar-refractivity contribution in [3.8, 4) is 11.3 Å². The van der Waals surface area contributed by atoms with Gasteiger partial charge >= 0.3 is 6.98 Å². The van der Waals surface area contributed by atoms with Crippen molar-refractivity contribution < 1.29 is 4.57 Å². The molecule has 0 atom stereocenters. The van der Waals surface area contributed by atoms with E-state index in [1.807, 2.05) is 0 Å². The minimum absolute atomic E-state index is 0.131. The van der Waals surface area contributed by atoms with E-state index in [-0.39, 0.29) is 6.98 Å². The lowest BCUT2D eigenvalue weighted by Crippen LogP contribution is -2.56. The van der Waals surface area contributed by atoms with E-state index in [1.165, 1.54) is 50.6 Å². The Bertz CT molecular complexity index is 1310. The predicted molar refractivity (Wildman–Crippen MR) is 118 cm³/mol. The molecule has 4 aromatic rings. The minimum atomic E-state index is 0.131. The maximum Gasteiger partial charge on any atom is 0.421 e. The van der Waals surface area contributed by atoms with E-state index in [2.05, 4.69) is 106 Å². The quantitative estimate of drug-likeness (QED) is 0.321. The molecule has 3 aliphatic rings. The summed E-state index contributed by atoms with van der Waals surface area (Å²) in [7, 11) is 0. The molecule has 0 unspecified atom stereocenters. The molecule has 0 saturated carbocycles. The third-order valence-electron chi connectivity index (χ3n) is 6.55. The monoisotopic (exact) mass is 372 g/mol. The SMILES string of the molecule is Cc1ccc(N2B3c4cccc5c4-c4c(ccc[n+]4C5)N3c3ccccc32)cc1. The van der Waals surface area contributed by atoms with Crippen molar-refractivity contribution in [3.05, 3.63) is 96.2 Å². The summed E-state index contributed by atoms with van der Waals surface area (Å²) in [5.41, 5.74) is 12.0. The van der Waals surface area contributed by atoms with Crippen molar-refractivity contribution in [3.63, 3.8) is 0 Å². The van der Waals surface area contributed by atoms with Crippen molar-refractivity contribution in [1.82, 2.24) is 0 Å². The van der Waals surface area contributed by atoms with Gasteiger partial charge in [-0.25, -0.2) is 0 Å². The molecule has 4 heterocycles. The van der Waals surface area contributed by atoms with Crippen LogP contribution in [0.3, 0.4) is 0 Å². The van der Waals surface area contributed by atoms with Gasteiger partial charge in [-0.05, 0) is 42.7 Å². The molecular formula is C25H19BN3+. The largest absolute Gasteiger partial charge is 0.421 e. The summed E-state index contributed by atoms with van der Waals surface area (Å²) in [6.07, 6.45) is 2.21. The van der Waals surface area contributed by atoms with Crippen molar-refractivity contribution >= 4 is 35.2 Å². The second kappa shape index (κ2) is 5.29. The summed E-state index contributed by atoms with van der Waals surface area (Å²) >= 11 is 0. The van der Waals surface area contributed by atoms with Crippen LogP contribution in [-0.2, 0) is 6.54 Å². The lowest BCUT2D eigenvalue weighted by molar-refractivity contribution is -0.671. The molecule has 136 valence electrons. The number of anilines is 4. The first-order valence-corrected chi connectivity index (χ1v) is 10.2. The first-order valence-electron chi connectivity index (χ1n) is 10.2. The Morgan fingerprint density at radius 1 is 0.759 bits per heavy atom. The molecule has 3 aliphatic heterocycles. The van der Waals surface area contributed by atoms with Crippen LogP contribution in [-0.4, -0.2) is 6.98 Å². The fraction of sp³-hybridized carbons (Fsp3) is 0.0800. The van der Waals surface area contributed by atoms with Crippen LogP contribution in [0.1, 0.15) is 11.1 Å². The van der Waals surface area contributed by atoms with Crippen LogP contribution in [0.15, 0.2) is 85.1 Å². The highest BCUT2D eigenvalue weighted by Gasteiger charge is 2.52. The Labute approximate surface area is 170 Å². The van der Waals surface area contributed by atoms with E-state index in [1.54, 1.807) is 0 Å². The maximum absolute atomic E-state index is 2.53. The van der Waals surface area contributed by atoms with Crippen molar-refractivity contribution in [2.45, 2.75) is 13.5 Å². The Balaban J connectivity index is 1.57. The minimum Gasteiger partial charge on any atom is -0.360 e. The normalized spacial score (nSPS) is 14.7. The van der Waals surface area contributed by atoms with Crippen molar-refractivity contribution in [2.24, 2.45) is 0 Å². The number of rotatable bonds is 1. The molecular weight excluding hydrogens is 353 g/mol. The van der Waals surface area contributed by atoms with Gasteiger partial charge in [0, 0.05) is 17.3 Å². The van der Waals surface area contributed by atoms with Crippen LogP contribution < -0.4 is 19.7 Å². The standard InChI is InChI=1S/C25H19BN3/c1-17-11-13-19(14-12-17)28-21-8-2-3-9-22(21)29-23-10-5-15-27-16-18-6-4-7-20(26(28)29)24(18)25(23)27/h2-15H,16H2,1H3/q+1. The van der Waals surface area contributed by atoms with Crippen LogP contribution in [0.25, 0.3) is 11.3 Å². The second-order valence-corrected chi connectivity index (χ2v) is 8.19. The van der Waals surface area contributed by atoms with E-state index in [0.29, 0.717) is 0 Å². The third-order valence-corrected chi connectivity index (χ3v) is 6.55. The smallest absolute Gasteiger partial charge is 0.360 e. The molecule has 0 amide bonds. The Hall–Kier alpha value is -3.53. The first-order chi connectivity index (χ1) is 14.3. The molecule has 0 fully saturated rings. The zero-order valence-electron chi connectivity index (χ0n) is 16.2. The highest BCUT2D eigenvalue weighted by molar-refractivity contribution is 6.86. The number of benzene rings is 3. The van der Waals surface area contributed by atoms with Crippen molar-refractivity contribution in [2.75, 3.05) is 9.62 Å². The summed E-state index contributed by atoms with van der Waals surface area (Å²) in [5.74, 6) is 0. The molecule has 3 nitrogen and oxygen atoms in total. The third kappa shape index (κ3) is 1.86. The van der Waals surface area contributed by atoms with Gasteiger partial charge in [0.15, 0.2) is 12.7 Å². The van der Waals surface area contributed by atoms with Gasteiger partial charge < -0.3 is 9.62 Å². The summed E-state index contributed by atoms with van der Waals surface area (Å²) < 4.78 is 2.40. The highest BCUT2D eigenvalue weighted by Crippen LogP contribution is 2.51. The van der Waals surface area contributed by atoms with Gasteiger partial charge in [-0.15, -0.1) is 0 Å². The summed E-state index contributed by atoms with van der Waals surface area (Å²) in [4.78, 5) is 5.03. The Kier molecular flexibility index (Phi) is 2.81. The topological polar surface area (TPSA) is 10.4 Å². The lowest BCUT2D eigenvalue weighted by atomic mass is 9.59. The molecule has 29 heavy (non-hydrogen) atoms. The fourth-order valence-corrected chi connectivity index (χ4v) is 5.35. The number of nitrogens with zero attached hydrogens (tertiary/aromatic N) is 3. The molecule has 0 spiro atoms. The van der Waals surface area contributed by atoms with E-state index in [0.717, 1.165) is 6.54 Å². The number of pyridine rings is 1. The summed E-state index contributed by atoms with van der Waals surface area (Å²) in [6.45, 7) is 3.23. The van der Waals surface area contributed by atoms with Gasteiger partial charge in [0.2, 0.25) is 5.69 Å². The van der Waals surface area contributed by atoms with Crippen LogP contribution in [0.4, 0.5) is 22.7 Å². The van der Waals surface area contributed by atoms with Gasteiger partial charge in [0.05, 0.1) is 16.9 Å². The molecule has 0 N–H and O–H groups in total. The molecule has 4 heteroatoms. The first kappa shape index (κ1) is 15.4. The molecule has 7 rings (SSSR count). The number of aromatic nitrogens is 1. The molecule has 1 aromatic heterocycles. The Morgan fingerprint density at radius 2 is 1.52 bits per heavy atom. The van der Waals surface area contributed by atoms with E-state index in [4.69, 9.17) is 0 Å². The fourth-order valence-electron chi connectivity index (χ4n) is 5.35. The number of para-hydroxylation sites is 2.